The van der Waals surface area contributed by atoms with Gasteiger partial charge in [-0.3, -0.25) is 0 Å². The SMILES string of the molecule is Cc1cc(C)c(-c2nc(N)nc3c2CN(C(=O)NCC(C)(F)F)C3)c(OCC[C@@](O)(Cn2cncn2)c2ccc(F)cc2F)c1. The number of carbonyl (C=O) groups excluding carboxylic acids is 1. The maximum atomic E-state index is 14.9. The zero-order valence-electron chi connectivity index (χ0n) is 24.8. The lowest BCUT2D eigenvalue weighted by Crippen LogP contribution is -2.41. The first-order valence-electron chi connectivity index (χ1n) is 14.0. The zero-order chi connectivity index (χ0) is 32.5. The number of alkyl halides is 2. The van der Waals surface area contributed by atoms with Crippen LogP contribution in [-0.2, 0) is 25.2 Å². The highest BCUT2D eigenvalue weighted by Gasteiger charge is 2.35. The van der Waals surface area contributed by atoms with E-state index in [9.17, 15) is 27.5 Å². The summed E-state index contributed by atoms with van der Waals surface area (Å²) in [6.45, 7) is 3.39. The van der Waals surface area contributed by atoms with Crippen LogP contribution >= 0.6 is 0 Å². The van der Waals surface area contributed by atoms with Crippen molar-refractivity contribution < 1.29 is 32.2 Å². The Bertz CT molecular complexity index is 1710. The van der Waals surface area contributed by atoms with Crippen molar-refractivity contribution in [3.05, 3.63) is 82.6 Å². The number of nitrogens with zero attached hydrogens (tertiary/aromatic N) is 6. The summed E-state index contributed by atoms with van der Waals surface area (Å²) in [5.74, 6) is -4.46. The molecular weight excluding hydrogens is 596 g/mol. The quantitative estimate of drug-likeness (QED) is 0.221. The number of aryl methyl sites for hydroxylation is 2. The van der Waals surface area contributed by atoms with Crippen LogP contribution in [0, 0.1) is 25.5 Å². The number of hydrogen-bond donors (Lipinski definition) is 3. The van der Waals surface area contributed by atoms with E-state index < -0.39 is 35.7 Å². The minimum Gasteiger partial charge on any atom is -0.493 e. The van der Waals surface area contributed by atoms with Gasteiger partial charge in [-0.1, -0.05) is 12.1 Å². The fourth-order valence-corrected chi connectivity index (χ4v) is 5.39. The van der Waals surface area contributed by atoms with E-state index in [4.69, 9.17) is 10.5 Å². The fraction of sp³-hybridized carbons (Fsp3) is 0.367. The van der Waals surface area contributed by atoms with Gasteiger partial charge in [0.05, 0.1) is 44.2 Å². The summed E-state index contributed by atoms with van der Waals surface area (Å²) >= 11 is 0. The molecule has 0 fully saturated rings. The van der Waals surface area contributed by atoms with E-state index >= 15 is 0 Å². The molecule has 4 N–H and O–H groups in total. The Balaban J connectivity index is 1.44. The highest BCUT2D eigenvalue weighted by molar-refractivity contribution is 5.79. The summed E-state index contributed by atoms with van der Waals surface area (Å²) in [5, 5.41) is 17.9. The molecule has 238 valence electrons. The molecule has 2 amide bonds. The number of amides is 2. The lowest BCUT2D eigenvalue weighted by atomic mass is 9.90. The number of halogens is 4. The second-order valence-electron chi connectivity index (χ2n) is 11.2. The predicted molar refractivity (Wildman–Crippen MR) is 155 cm³/mol. The molecule has 15 heteroatoms. The van der Waals surface area contributed by atoms with Crippen LogP contribution in [-0.4, -0.2) is 59.8 Å². The number of fused-ring (bicyclic) bond motifs is 1. The van der Waals surface area contributed by atoms with Gasteiger partial charge in [-0.2, -0.15) is 5.10 Å². The van der Waals surface area contributed by atoms with Crippen LogP contribution in [0.3, 0.4) is 0 Å². The second-order valence-corrected chi connectivity index (χ2v) is 11.2. The molecule has 1 aliphatic heterocycles. The van der Waals surface area contributed by atoms with Crippen molar-refractivity contribution >= 4 is 12.0 Å². The summed E-state index contributed by atoms with van der Waals surface area (Å²) < 4.78 is 62.9. The molecule has 2 aromatic heterocycles. The first-order valence-corrected chi connectivity index (χ1v) is 14.0. The number of carbonyl (C=O) groups is 1. The van der Waals surface area contributed by atoms with Crippen LogP contribution < -0.4 is 15.8 Å². The highest BCUT2D eigenvalue weighted by atomic mass is 19.3. The minimum atomic E-state index is -3.08. The Kier molecular flexibility index (Phi) is 8.65. The zero-order valence-corrected chi connectivity index (χ0v) is 24.8. The molecule has 0 saturated carbocycles. The molecule has 45 heavy (non-hydrogen) atoms. The Labute approximate surface area is 256 Å². The largest absolute Gasteiger partial charge is 0.493 e. The van der Waals surface area contributed by atoms with Crippen molar-refractivity contribution in [1.82, 2.24) is 34.9 Å². The molecule has 3 heterocycles. The second kappa shape index (κ2) is 12.3. The van der Waals surface area contributed by atoms with Crippen LogP contribution in [0.4, 0.5) is 28.3 Å². The number of nitrogens with two attached hydrogens (primary N) is 1. The van der Waals surface area contributed by atoms with E-state index in [-0.39, 0.29) is 44.2 Å². The molecule has 2 aromatic carbocycles. The number of rotatable bonds is 10. The summed E-state index contributed by atoms with van der Waals surface area (Å²) in [6.07, 6.45) is 2.52. The van der Waals surface area contributed by atoms with Crippen LogP contribution in [0.5, 0.6) is 5.75 Å². The fourth-order valence-electron chi connectivity index (χ4n) is 5.39. The molecule has 4 aromatic rings. The normalized spacial score (nSPS) is 14.3. The Morgan fingerprint density at radius 1 is 1.16 bits per heavy atom. The maximum absolute atomic E-state index is 14.9. The molecule has 11 nitrogen and oxygen atoms in total. The average Bonchev–Trinajstić information content (AvgIpc) is 3.60. The minimum absolute atomic E-state index is 0.0375. The van der Waals surface area contributed by atoms with Gasteiger partial charge in [0, 0.05) is 36.1 Å². The molecule has 1 atom stereocenters. The van der Waals surface area contributed by atoms with Crippen LogP contribution in [0.2, 0.25) is 0 Å². The van der Waals surface area contributed by atoms with Gasteiger partial charge in [-0.05, 0) is 37.1 Å². The number of benzene rings is 2. The first-order chi connectivity index (χ1) is 21.2. The molecule has 0 radical (unpaired) electrons. The number of anilines is 1. The van der Waals surface area contributed by atoms with Crippen LogP contribution in [0.15, 0.2) is 43.0 Å². The monoisotopic (exact) mass is 628 g/mol. The van der Waals surface area contributed by atoms with E-state index in [1.165, 1.54) is 28.3 Å². The number of nitrogens with one attached hydrogen (secondary N) is 1. The first kappa shape index (κ1) is 31.6. The number of nitrogen functional groups attached to an aromatic ring is 1. The van der Waals surface area contributed by atoms with Crippen molar-refractivity contribution in [3.8, 4) is 17.0 Å². The Morgan fingerprint density at radius 3 is 2.62 bits per heavy atom. The number of aromatic nitrogens is 5. The summed E-state index contributed by atoms with van der Waals surface area (Å²) in [7, 11) is 0. The van der Waals surface area contributed by atoms with Crippen molar-refractivity contribution in [2.24, 2.45) is 0 Å². The molecule has 0 spiro atoms. The van der Waals surface area contributed by atoms with E-state index in [0.717, 1.165) is 17.2 Å². The number of aliphatic hydroxyl groups is 1. The van der Waals surface area contributed by atoms with Crippen molar-refractivity contribution in [1.29, 1.82) is 0 Å². The van der Waals surface area contributed by atoms with Crippen LogP contribution in [0.1, 0.15) is 41.3 Å². The maximum Gasteiger partial charge on any atom is 0.318 e. The standard InChI is InChI=1S/C30H32F4N8O3/c1-17-8-18(2)25(26-20-11-41(12-23(20)39-27(35)40-26)28(43)37-13-29(3,33)34)24(9-17)45-7-6-30(44,14-42-16-36-15-38-42)21-5-4-19(31)10-22(21)32/h4-5,8-10,15-16,44H,6-7,11-14H2,1-3H3,(H,37,43)(H2,35,39,40)/t30-/m1/s1. The molecule has 0 unspecified atom stereocenters. The third kappa shape index (κ3) is 7.14. The van der Waals surface area contributed by atoms with Gasteiger partial charge in [0.25, 0.3) is 5.92 Å². The summed E-state index contributed by atoms with van der Waals surface area (Å²) in [5.41, 5.74) is 7.70. The van der Waals surface area contributed by atoms with E-state index in [1.54, 1.807) is 6.07 Å². The summed E-state index contributed by atoms with van der Waals surface area (Å²) in [6, 6.07) is 5.93. The highest BCUT2D eigenvalue weighted by Crippen LogP contribution is 2.40. The number of urea groups is 1. The predicted octanol–water partition coefficient (Wildman–Crippen LogP) is 4.25. The topological polar surface area (TPSA) is 144 Å². The third-order valence-corrected chi connectivity index (χ3v) is 7.41. The van der Waals surface area contributed by atoms with Crippen molar-refractivity contribution in [2.45, 2.75) is 58.3 Å². The van der Waals surface area contributed by atoms with Crippen molar-refractivity contribution in [3.63, 3.8) is 0 Å². The van der Waals surface area contributed by atoms with Gasteiger partial charge in [-0.15, -0.1) is 0 Å². The van der Waals surface area contributed by atoms with Gasteiger partial charge in [-0.25, -0.2) is 42.0 Å². The van der Waals surface area contributed by atoms with Gasteiger partial charge in [0.2, 0.25) is 5.95 Å². The van der Waals surface area contributed by atoms with E-state index in [1.807, 2.05) is 19.9 Å². The van der Waals surface area contributed by atoms with Gasteiger partial charge >= 0.3 is 6.03 Å². The number of ether oxygens (including phenoxy) is 1. The van der Waals surface area contributed by atoms with Gasteiger partial charge < -0.3 is 25.8 Å². The lowest BCUT2D eigenvalue weighted by Gasteiger charge is -2.29. The third-order valence-electron chi connectivity index (χ3n) is 7.41. The average molecular weight is 629 g/mol. The Morgan fingerprint density at radius 2 is 1.93 bits per heavy atom. The molecule has 0 bridgehead atoms. The van der Waals surface area contributed by atoms with Crippen LogP contribution in [0.25, 0.3) is 11.3 Å². The number of hydrogen-bond acceptors (Lipinski definition) is 8. The molecule has 5 rings (SSSR count). The molecule has 1 aliphatic rings. The van der Waals surface area contributed by atoms with E-state index in [2.05, 4.69) is 25.4 Å². The molecular formula is C30H32F4N8O3. The van der Waals surface area contributed by atoms with E-state index in [0.29, 0.717) is 41.3 Å². The van der Waals surface area contributed by atoms with Crippen molar-refractivity contribution in [2.75, 3.05) is 18.9 Å². The molecule has 0 saturated heterocycles. The lowest BCUT2D eigenvalue weighted by molar-refractivity contribution is -0.00789. The van der Waals surface area contributed by atoms with Gasteiger partial charge in [0.15, 0.2) is 0 Å². The smallest absolute Gasteiger partial charge is 0.318 e. The molecule has 0 aliphatic carbocycles. The Hall–Kier alpha value is -4.79. The summed E-state index contributed by atoms with van der Waals surface area (Å²) in [4.78, 5) is 26.6. The van der Waals surface area contributed by atoms with Gasteiger partial charge in [0.1, 0.15) is 35.6 Å².